The van der Waals surface area contributed by atoms with Crippen molar-refractivity contribution >= 4 is 11.8 Å². The summed E-state index contributed by atoms with van der Waals surface area (Å²) in [7, 11) is 0. The summed E-state index contributed by atoms with van der Waals surface area (Å²) in [6.45, 7) is 6.59. The number of hydrogen-bond donors (Lipinski definition) is 3. The third-order valence-electron chi connectivity index (χ3n) is 3.84. The summed E-state index contributed by atoms with van der Waals surface area (Å²) in [5, 5.41) is 5.76. The van der Waals surface area contributed by atoms with E-state index in [0.29, 0.717) is 19.5 Å². The second-order valence-electron chi connectivity index (χ2n) is 6.85. The third-order valence-corrected chi connectivity index (χ3v) is 3.84. The minimum Gasteiger partial charge on any atom is -0.355 e. The summed E-state index contributed by atoms with van der Waals surface area (Å²) >= 11 is 0. The topological polar surface area (TPSA) is 84.2 Å². The van der Waals surface area contributed by atoms with Gasteiger partial charge in [0.05, 0.1) is 5.41 Å². The van der Waals surface area contributed by atoms with Crippen LogP contribution < -0.4 is 16.4 Å². The van der Waals surface area contributed by atoms with Crippen LogP contribution in [-0.2, 0) is 9.59 Å². The molecule has 1 aliphatic rings. The molecule has 0 aromatic rings. The normalized spacial score (nSPS) is 18.4. The van der Waals surface area contributed by atoms with Gasteiger partial charge in [-0.1, -0.05) is 19.3 Å². The van der Waals surface area contributed by atoms with Gasteiger partial charge in [-0.2, -0.15) is 0 Å². The molecule has 1 saturated carbocycles. The maximum absolute atomic E-state index is 12.3. The Labute approximate surface area is 122 Å². The van der Waals surface area contributed by atoms with Crippen LogP contribution in [0.2, 0.25) is 0 Å². The molecule has 0 saturated heterocycles. The summed E-state index contributed by atoms with van der Waals surface area (Å²) in [5.74, 6) is -0.0218. The summed E-state index contributed by atoms with van der Waals surface area (Å²) < 4.78 is 0. The summed E-state index contributed by atoms with van der Waals surface area (Å²) in [5.41, 5.74) is 5.18. The lowest BCUT2D eigenvalue weighted by Crippen LogP contribution is -2.48. The number of nitrogens with one attached hydrogen (secondary N) is 2. The van der Waals surface area contributed by atoms with Gasteiger partial charge in [-0.05, 0) is 33.6 Å². The van der Waals surface area contributed by atoms with E-state index in [-0.39, 0.29) is 17.4 Å². The molecule has 0 aliphatic heterocycles. The van der Waals surface area contributed by atoms with E-state index in [1.165, 1.54) is 6.42 Å². The molecule has 2 amide bonds. The van der Waals surface area contributed by atoms with E-state index >= 15 is 0 Å². The Morgan fingerprint density at radius 1 is 1.15 bits per heavy atom. The Kier molecular flexibility index (Phi) is 5.99. The van der Waals surface area contributed by atoms with Crippen molar-refractivity contribution in [2.75, 3.05) is 13.1 Å². The number of carbonyl (C=O) groups excluding carboxylic acids is 2. The van der Waals surface area contributed by atoms with Crippen LogP contribution in [0.3, 0.4) is 0 Å². The lowest BCUT2D eigenvalue weighted by molar-refractivity contribution is -0.132. The fourth-order valence-electron chi connectivity index (χ4n) is 2.71. The number of amides is 2. The predicted octanol–water partition coefficient (Wildman–Crippen LogP) is 1.32. The Balaban J connectivity index is 2.37. The third kappa shape index (κ3) is 5.12. The smallest absolute Gasteiger partial charge is 0.227 e. The first kappa shape index (κ1) is 17.0. The maximum atomic E-state index is 12.3. The Bertz CT molecular complexity index is 342. The van der Waals surface area contributed by atoms with Crippen LogP contribution in [0.4, 0.5) is 0 Å². The summed E-state index contributed by atoms with van der Waals surface area (Å²) in [6.07, 6.45) is 5.35. The van der Waals surface area contributed by atoms with Gasteiger partial charge >= 0.3 is 0 Å². The molecule has 1 fully saturated rings. The van der Waals surface area contributed by atoms with E-state index in [1.54, 1.807) is 0 Å². The quantitative estimate of drug-likeness (QED) is 0.711. The van der Waals surface area contributed by atoms with E-state index < -0.39 is 5.41 Å². The molecule has 1 rings (SSSR count). The first-order valence-corrected chi connectivity index (χ1v) is 7.58. The lowest BCUT2D eigenvalue weighted by atomic mass is 9.73. The van der Waals surface area contributed by atoms with Gasteiger partial charge in [0.25, 0.3) is 0 Å². The molecule has 0 bridgehead atoms. The number of nitrogens with two attached hydrogens (primary N) is 1. The van der Waals surface area contributed by atoms with Gasteiger partial charge < -0.3 is 16.4 Å². The summed E-state index contributed by atoms with van der Waals surface area (Å²) in [6, 6.07) is 0. The van der Waals surface area contributed by atoms with Crippen LogP contribution in [0.5, 0.6) is 0 Å². The van der Waals surface area contributed by atoms with E-state index in [4.69, 9.17) is 5.73 Å². The average molecular weight is 283 g/mol. The van der Waals surface area contributed by atoms with Gasteiger partial charge in [0.1, 0.15) is 0 Å². The van der Waals surface area contributed by atoms with Gasteiger partial charge in [0.2, 0.25) is 11.8 Å². The van der Waals surface area contributed by atoms with Crippen molar-refractivity contribution in [3.63, 3.8) is 0 Å². The van der Waals surface area contributed by atoms with Crippen molar-refractivity contribution in [1.82, 2.24) is 10.6 Å². The van der Waals surface area contributed by atoms with Crippen molar-refractivity contribution in [2.24, 2.45) is 11.1 Å². The molecule has 1 aliphatic carbocycles. The first-order valence-electron chi connectivity index (χ1n) is 7.58. The van der Waals surface area contributed by atoms with E-state index in [1.807, 2.05) is 20.8 Å². The highest BCUT2D eigenvalue weighted by Gasteiger charge is 2.37. The van der Waals surface area contributed by atoms with Gasteiger partial charge in [0.15, 0.2) is 0 Å². The zero-order valence-electron chi connectivity index (χ0n) is 13.1. The molecule has 0 unspecified atom stereocenters. The van der Waals surface area contributed by atoms with Gasteiger partial charge in [-0.3, -0.25) is 9.59 Å². The minimum absolute atomic E-state index is 0.0169. The van der Waals surface area contributed by atoms with Gasteiger partial charge in [-0.25, -0.2) is 0 Å². The standard InChI is InChI=1S/C15H29N3O2/c1-14(2,3)18-12(19)7-10-17-13(20)15(11-16)8-5-4-6-9-15/h4-11,16H2,1-3H3,(H,17,20)(H,18,19). The van der Waals surface area contributed by atoms with E-state index in [9.17, 15) is 9.59 Å². The van der Waals surface area contributed by atoms with Crippen molar-refractivity contribution in [3.8, 4) is 0 Å². The van der Waals surface area contributed by atoms with Crippen molar-refractivity contribution in [2.45, 2.75) is 64.8 Å². The molecular weight excluding hydrogens is 254 g/mol. The largest absolute Gasteiger partial charge is 0.355 e. The van der Waals surface area contributed by atoms with Gasteiger partial charge in [-0.15, -0.1) is 0 Å². The van der Waals surface area contributed by atoms with Crippen molar-refractivity contribution in [3.05, 3.63) is 0 Å². The first-order chi connectivity index (χ1) is 9.29. The van der Waals surface area contributed by atoms with E-state index in [0.717, 1.165) is 25.7 Å². The number of carbonyl (C=O) groups is 2. The lowest BCUT2D eigenvalue weighted by Gasteiger charge is -2.34. The molecule has 0 heterocycles. The molecule has 5 heteroatoms. The van der Waals surface area contributed by atoms with E-state index in [2.05, 4.69) is 10.6 Å². The van der Waals surface area contributed by atoms with Gasteiger partial charge in [0, 0.05) is 25.0 Å². The van der Waals surface area contributed by atoms with Crippen molar-refractivity contribution < 1.29 is 9.59 Å². The maximum Gasteiger partial charge on any atom is 0.227 e. The molecular formula is C15H29N3O2. The van der Waals surface area contributed by atoms with Crippen LogP contribution >= 0.6 is 0 Å². The molecule has 0 aromatic carbocycles. The highest BCUT2D eigenvalue weighted by Crippen LogP contribution is 2.35. The van der Waals surface area contributed by atoms with Crippen LogP contribution in [0.25, 0.3) is 0 Å². The molecule has 20 heavy (non-hydrogen) atoms. The monoisotopic (exact) mass is 283 g/mol. The fraction of sp³-hybridized carbons (Fsp3) is 0.867. The molecule has 5 nitrogen and oxygen atoms in total. The molecule has 4 N–H and O–H groups in total. The highest BCUT2D eigenvalue weighted by atomic mass is 16.2. The fourth-order valence-corrected chi connectivity index (χ4v) is 2.71. The van der Waals surface area contributed by atoms with Crippen LogP contribution in [0.15, 0.2) is 0 Å². The zero-order chi connectivity index (χ0) is 15.2. The Hall–Kier alpha value is -1.10. The van der Waals surface area contributed by atoms with Crippen LogP contribution in [0.1, 0.15) is 59.3 Å². The second kappa shape index (κ2) is 7.07. The molecule has 0 spiro atoms. The molecule has 0 radical (unpaired) electrons. The SMILES string of the molecule is CC(C)(C)NC(=O)CCNC(=O)C1(CN)CCCCC1. The number of hydrogen-bond acceptors (Lipinski definition) is 3. The van der Waals surface area contributed by atoms with Crippen molar-refractivity contribution in [1.29, 1.82) is 0 Å². The van der Waals surface area contributed by atoms with Crippen LogP contribution in [0, 0.1) is 5.41 Å². The Morgan fingerprint density at radius 3 is 2.25 bits per heavy atom. The predicted molar refractivity (Wildman–Crippen MR) is 80.1 cm³/mol. The highest BCUT2D eigenvalue weighted by molar-refractivity contribution is 5.84. The molecule has 116 valence electrons. The Morgan fingerprint density at radius 2 is 1.75 bits per heavy atom. The minimum atomic E-state index is -0.404. The average Bonchev–Trinajstić information content (AvgIpc) is 2.37. The molecule has 0 aromatic heterocycles. The molecule has 0 atom stereocenters. The summed E-state index contributed by atoms with van der Waals surface area (Å²) in [4.78, 5) is 24.0. The second-order valence-corrected chi connectivity index (χ2v) is 6.85. The van der Waals surface area contributed by atoms with Crippen LogP contribution in [-0.4, -0.2) is 30.4 Å². The zero-order valence-corrected chi connectivity index (χ0v) is 13.1. The number of rotatable bonds is 5.